The van der Waals surface area contributed by atoms with Crippen LogP contribution in [-0.2, 0) is 0 Å². The van der Waals surface area contributed by atoms with E-state index in [-0.39, 0.29) is 20.3 Å². The van der Waals surface area contributed by atoms with Crippen LogP contribution < -0.4 is 24.0 Å². The summed E-state index contributed by atoms with van der Waals surface area (Å²) < 4.78 is 0. The van der Waals surface area contributed by atoms with Crippen molar-refractivity contribution in [3.63, 3.8) is 0 Å². The first-order chi connectivity index (χ1) is 9.32. The number of hydrogen-bond acceptors (Lipinski definition) is 1. The summed E-state index contributed by atoms with van der Waals surface area (Å²) >= 11 is 0. The predicted octanol–water partition coefficient (Wildman–Crippen LogP) is 2.47. The van der Waals surface area contributed by atoms with Crippen LogP contribution in [0, 0.1) is 0 Å². The Hall–Kier alpha value is -0.166. The first-order valence-corrected chi connectivity index (χ1v) is 10.8. The second-order valence-corrected chi connectivity index (χ2v) is 11.9. The number of rotatable bonds is 6. The molecule has 1 N–H and O–H groups in total. The quantitative estimate of drug-likeness (QED) is 0.800. The van der Waals surface area contributed by atoms with Gasteiger partial charge in [0, 0.05) is 0 Å². The normalized spacial score (nSPS) is 11.9. The predicted molar refractivity (Wildman–Crippen MR) is 94.2 cm³/mol. The first-order valence-electron chi connectivity index (χ1n) is 8.20. The SMILES string of the molecule is CC[Si](CC)(CC)c1cc(C(C)C)c(O)c(C(C)C)c1.[H-].[Li+]. The van der Waals surface area contributed by atoms with Crippen molar-refractivity contribution in [2.75, 3.05) is 0 Å². The van der Waals surface area contributed by atoms with E-state index in [0.29, 0.717) is 17.6 Å². The third kappa shape index (κ3) is 4.18. The van der Waals surface area contributed by atoms with Crippen molar-refractivity contribution >= 4 is 13.3 Å². The van der Waals surface area contributed by atoms with Gasteiger partial charge < -0.3 is 6.53 Å². The molecule has 0 unspecified atom stereocenters. The molecule has 0 heterocycles. The molecular weight excluding hydrogens is 267 g/mol. The van der Waals surface area contributed by atoms with Crippen LogP contribution in [0.2, 0.25) is 18.1 Å². The average Bonchev–Trinajstić information content (AvgIpc) is 2.41. The fourth-order valence-corrected chi connectivity index (χ4v) is 6.88. The van der Waals surface area contributed by atoms with Gasteiger partial charge in [0.05, 0.1) is 8.07 Å². The standard InChI is InChI=1S/C18H32OSi.Li.H/c1-8-20(9-2,10-3)15-11-16(13(4)5)18(19)17(12-15)14(6)7;;/h11-14,19H,8-10H2,1-7H3;;/q;+1;-1. The molecule has 21 heavy (non-hydrogen) atoms. The van der Waals surface area contributed by atoms with Crippen molar-refractivity contribution in [3.8, 4) is 5.75 Å². The molecule has 1 rings (SSSR count). The Morgan fingerprint density at radius 2 is 1.24 bits per heavy atom. The molecule has 0 bridgehead atoms. The summed E-state index contributed by atoms with van der Waals surface area (Å²) in [5.41, 5.74) is 2.27. The molecule has 0 radical (unpaired) electrons. The summed E-state index contributed by atoms with van der Waals surface area (Å²) in [6.07, 6.45) is 0. The van der Waals surface area contributed by atoms with Gasteiger partial charge >= 0.3 is 18.9 Å². The maximum Gasteiger partial charge on any atom is 1.00 e. The Balaban J connectivity index is 0. The van der Waals surface area contributed by atoms with E-state index in [1.54, 1.807) is 5.19 Å². The number of hydrogen-bond donors (Lipinski definition) is 1. The van der Waals surface area contributed by atoms with E-state index in [1.807, 2.05) is 0 Å². The van der Waals surface area contributed by atoms with Crippen molar-refractivity contribution in [3.05, 3.63) is 23.3 Å². The number of phenols is 1. The molecule has 1 aromatic rings. The summed E-state index contributed by atoms with van der Waals surface area (Å²) in [7, 11) is -1.38. The molecule has 0 aliphatic carbocycles. The van der Waals surface area contributed by atoms with Gasteiger partial charge in [0.15, 0.2) is 0 Å². The first kappa shape index (κ1) is 20.8. The van der Waals surface area contributed by atoms with Crippen LogP contribution >= 0.6 is 0 Å². The van der Waals surface area contributed by atoms with Crippen LogP contribution in [-0.4, -0.2) is 13.2 Å². The Labute approximate surface area is 146 Å². The van der Waals surface area contributed by atoms with E-state index in [2.05, 4.69) is 60.6 Å². The molecule has 0 amide bonds. The summed E-state index contributed by atoms with van der Waals surface area (Å²) in [6, 6.07) is 8.50. The molecule has 0 aliphatic heterocycles. The van der Waals surface area contributed by atoms with E-state index in [4.69, 9.17) is 0 Å². The molecule has 0 aliphatic rings. The van der Waals surface area contributed by atoms with Crippen LogP contribution in [0.25, 0.3) is 0 Å². The van der Waals surface area contributed by atoms with E-state index in [9.17, 15) is 5.11 Å². The van der Waals surface area contributed by atoms with Gasteiger partial charge in [0.25, 0.3) is 0 Å². The van der Waals surface area contributed by atoms with Gasteiger partial charge in [-0.15, -0.1) is 0 Å². The molecule has 0 atom stereocenters. The molecule has 1 nitrogen and oxygen atoms in total. The number of aromatic hydroxyl groups is 1. The van der Waals surface area contributed by atoms with Gasteiger partial charge in [-0.3, -0.25) is 0 Å². The molecule has 116 valence electrons. The molecular formula is C18H33LiOSi. The average molecular weight is 300 g/mol. The molecule has 0 fully saturated rings. The third-order valence-electron chi connectivity index (χ3n) is 5.06. The van der Waals surface area contributed by atoms with Gasteiger partial charge in [-0.05, 0) is 23.0 Å². The van der Waals surface area contributed by atoms with Gasteiger partial charge in [-0.2, -0.15) is 0 Å². The Morgan fingerprint density at radius 3 is 1.48 bits per heavy atom. The van der Waals surface area contributed by atoms with Crippen molar-refractivity contribution in [2.24, 2.45) is 0 Å². The van der Waals surface area contributed by atoms with Crippen LogP contribution in [0.5, 0.6) is 5.75 Å². The zero-order valence-electron chi connectivity index (χ0n) is 16.4. The molecule has 3 heteroatoms. The molecule has 0 spiro atoms. The van der Waals surface area contributed by atoms with E-state index in [1.165, 1.54) is 18.1 Å². The van der Waals surface area contributed by atoms with E-state index >= 15 is 0 Å². The number of benzene rings is 1. The van der Waals surface area contributed by atoms with Gasteiger partial charge in [0.2, 0.25) is 0 Å². The van der Waals surface area contributed by atoms with E-state index in [0.717, 1.165) is 11.1 Å². The minimum atomic E-state index is -1.38. The maximum atomic E-state index is 10.6. The summed E-state index contributed by atoms with van der Waals surface area (Å²) in [5, 5.41) is 12.1. The monoisotopic (exact) mass is 300 g/mol. The van der Waals surface area contributed by atoms with Crippen molar-refractivity contribution < 1.29 is 25.4 Å². The molecule has 0 aromatic heterocycles. The minimum Gasteiger partial charge on any atom is -1.00 e. The maximum absolute atomic E-state index is 10.6. The fraction of sp³-hybridized carbons (Fsp3) is 0.667. The Bertz CT molecular complexity index is 419. The minimum absolute atomic E-state index is 0. The second kappa shape index (κ2) is 8.46. The van der Waals surface area contributed by atoms with Gasteiger partial charge in [-0.1, -0.05) is 83.9 Å². The van der Waals surface area contributed by atoms with Crippen molar-refractivity contribution in [2.45, 2.75) is 78.4 Å². The van der Waals surface area contributed by atoms with Crippen LogP contribution in [0.15, 0.2) is 12.1 Å². The third-order valence-corrected chi connectivity index (χ3v) is 10.6. The van der Waals surface area contributed by atoms with Crippen LogP contribution in [0.3, 0.4) is 0 Å². The van der Waals surface area contributed by atoms with Crippen molar-refractivity contribution in [1.82, 2.24) is 0 Å². The summed E-state index contributed by atoms with van der Waals surface area (Å²) in [5.74, 6) is 1.29. The molecule has 0 saturated heterocycles. The zero-order valence-corrected chi connectivity index (χ0v) is 16.4. The number of phenolic OH excluding ortho intramolecular Hbond substituents is 1. The van der Waals surface area contributed by atoms with Gasteiger partial charge in [0.1, 0.15) is 5.75 Å². The smallest absolute Gasteiger partial charge is 1.00 e. The van der Waals surface area contributed by atoms with Gasteiger partial charge in [-0.25, -0.2) is 0 Å². The second-order valence-electron chi connectivity index (χ2n) is 6.65. The van der Waals surface area contributed by atoms with Crippen LogP contribution in [0.1, 0.15) is 72.9 Å². The Kier molecular flexibility index (Phi) is 8.40. The topological polar surface area (TPSA) is 20.2 Å². The van der Waals surface area contributed by atoms with Crippen molar-refractivity contribution in [1.29, 1.82) is 0 Å². The zero-order chi connectivity index (χ0) is 15.5. The summed E-state index contributed by atoms with van der Waals surface area (Å²) in [6.45, 7) is 15.7. The fourth-order valence-electron chi connectivity index (χ4n) is 3.23. The summed E-state index contributed by atoms with van der Waals surface area (Å²) in [4.78, 5) is 0. The van der Waals surface area contributed by atoms with E-state index < -0.39 is 8.07 Å². The largest absolute Gasteiger partial charge is 1.00 e. The molecule has 1 aromatic carbocycles. The molecule has 0 saturated carbocycles. The Morgan fingerprint density at radius 1 is 0.905 bits per heavy atom. The van der Waals surface area contributed by atoms with Crippen LogP contribution in [0.4, 0.5) is 0 Å².